The van der Waals surface area contributed by atoms with Gasteiger partial charge in [-0.25, -0.2) is 0 Å². The molecule has 0 radical (unpaired) electrons. The zero-order valence-corrected chi connectivity index (χ0v) is 11.7. The number of hydrogen-bond donors (Lipinski definition) is 1. The molecule has 106 valence electrons. The van der Waals surface area contributed by atoms with Crippen LogP contribution >= 0.6 is 0 Å². The Morgan fingerprint density at radius 2 is 2.11 bits per heavy atom. The fourth-order valence-corrected chi connectivity index (χ4v) is 3.34. The van der Waals surface area contributed by atoms with Crippen LogP contribution in [-0.2, 0) is 11.2 Å². The maximum atomic E-state index is 10.7. The number of aliphatic hydroxyl groups is 1. The highest BCUT2D eigenvalue weighted by molar-refractivity contribution is 5.08. The van der Waals surface area contributed by atoms with Crippen molar-refractivity contribution in [2.75, 3.05) is 13.7 Å². The zero-order chi connectivity index (χ0) is 13.3. The van der Waals surface area contributed by atoms with Crippen LogP contribution in [0.25, 0.3) is 0 Å². The Morgan fingerprint density at radius 3 is 2.74 bits per heavy atom. The van der Waals surface area contributed by atoms with Crippen LogP contribution in [0.4, 0.5) is 0 Å². The van der Waals surface area contributed by atoms with Crippen LogP contribution < -0.4 is 0 Å². The smallest absolute Gasteiger partial charge is 0.0963 e. The van der Waals surface area contributed by atoms with E-state index < -0.39 is 5.60 Å². The van der Waals surface area contributed by atoms with Gasteiger partial charge in [-0.05, 0) is 37.7 Å². The maximum Gasteiger partial charge on any atom is 0.0963 e. The van der Waals surface area contributed by atoms with E-state index in [1.807, 2.05) is 0 Å². The van der Waals surface area contributed by atoms with Gasteiger partial charge in [0.1, 0.15) is 0 Å². The minimum Gasteiger partial charge on any atom is -0.387 e. The Hall–Kier alpha value is -0.870. The molecule has 2 aliphatic rings. The van der Waals surface area contributed by atoms with Gasteiger partial charge < -0.3 is 9.84 Å². The monoisotopic (exact) mass is 264 g/mol. The third-order valence-electron chi connectivity index (χ3n) is 4.58. The minimum atomic E-state index is -0.719. The first-order chi connectivity index (χ1) is 9.21. The summed E-state index contributed by atoms with van der Waals surface area (Å²) in [6, 6.07) is 2.63. The van der Waals surface area contributed by atoms with Gasteiger partial charge in [0.05, 0.1) is 23.9 Å². The Bertz CT molecular complexity index is 422. The quantitative estimate of drug-likeness (QED) is 0.858. The van der Waals surface area contributed by atoms with Crippen LogP contribution in [0, 0.1) is 5.92 Å². The van der Waals surface area contributed by atoms with Crippen molar-refractivity contribution in [3.05, 3.63) is 18.0 Å². The minimum absolute atomic E-state index is 0.393. The van der Waals surface area contributed by atoms with Gasteiger partial charge in [0.15, 0.2) is 0 Å². The van der Waals surface area contributed by atoms with E-state index in [1.54, 1.807) is 7.11 Å². The number of ether oxygens (including phenoxy) is 1. The van der Waals surface area contributed by atoms with Crippen molar-refractivity contribution >= 4 is 0 Å². The summed E-state index contributed by atoms with van der Waals surface area (Å²) in [7, 11) is 1.66. The van der Waals surface area contributed by atoms with E-state index in [0.29, 0.717) is 25.0 Å². The number of rotatable bonds is 6. The Kier molecular flexibility index (Phi) is 3.63. The van der Waals surface area contributed by atoms with Crippen molar-refractivity contribution in [3.8, 4) is 0 Å². The van der Waals surface area contributed by atoms with Crippen LogP contribution in [0.15, 0.2) is 12.3 Å². The normalized spacial score (nSPS) is 23.7. The SMILES string of the molecule is COCC(O)(Cc1ccn(C2CCCC2)n1)C1CC1. The molecule has 1 N–H and O–H groups in total. The third kappa shape index (κ3) is 2.84. The fourth-order valence-electron chi connectivity index (χ4n) is 3.34. The van der Waals surface area contributed by atoms with Crippen LogP contribution in [0.3, 0.4) is 0 Å². The Labute approximate surface area is 114 Å². The van der Waals surface area contributed by atoms with Crippen LogP contribution in [0.2, 0.25) is 0 Å². The second kappa shape index (κ2) is 5.25. The summed E-state index contributed by atoms with van der Waals surface area (Å²) in [5.41, 5.74) is 0.280. The van der Waals surface area contributed by atoms with Crippen LogP contribution in [-0.4, -0.2) is 34.2 Å². The van der Waals surface area contributed by atoms with Gasteiger partial charge >= 0.3 is 0 Å². The molecule has 1 aromatic rings. The zero-order valence-electron chi connectivity index (χ0n) is 11.7. The third-order valence-corrected chi connectivity index (χ3v) is 4.58. The average molecular weight is 264 g/mol. The van der Waals surface area contributed by atoms with E-state index >= 15 is 0 Å². The van der Waals surface area contributed by atoms with Crippen molar-refractivity contribution in [1.82, 2.24) is 9.78 Å². The highest BCUT2D eigenvalue weighted by atomic mass is 16.5. The second-order valence-electron chi connectivity index (χ2n) is 6.21. The van der Waals surface area contributed by atoms with E-state index in [9.17, 15) is 5.11 Å². The lowest BCUT2D eigenvalue weighted by atomic mass is 9.93. The largest absolute Gasteiger partial charge is 0.387 e. The molecule has 0 aromatic carbocycles. The summed E-state index contributed by atoms with van der Waals surface area (Å²) in [5, 5.41) is 15.4. The van der Waals surface area contributed by atoms with E-state index in [-0.39, 0.29) is 0 Å². The van der Waals surface area contributed by atoms with Crippen molar-refractivity contribution in [2.45, 2.75) is 56.6 Å². The average Bonchev–Trinajstić information content (AvgIpc) is 2.93. The Morgan fingerprint density at radius 1 is 1.37 bits per heavy atom. The lowest BCUT2D eigenvalue weighted by molar-refractivity contribution is -0.0481. The van der Waals surface area contributed by atoms with Crippen molar-refractivity contribution < 1.29 is 9.84 Å². The predicted molar refractivity (Wildman–Crippen MR) is 73.0 cm³/mol. The van der Waals surface area contributed by atoms with Gasteiger partial charge in [0.25, 0.3) is 0 Å². The molecular weight excluding hydrogens is 240 g/mol. The summed E-state index contributed by atoms with van der Waals surface area (Å²) < 4.78 is 7.30. The molecule has 1 aromatic heterocycles. The first kappa shape index (κ1) is 13.1. The topological polar surface area (TPSA) is 47.3 Å². The molecule has 0 saturated heterocycles. The van der Waals surface area contributed by atoms with E-state index in [4.69, 9.17) is 4.74 Å². The molecule has 1 unspecified atom stereocenters. The number of hydrogen-bond acceptors (Lipinski definition) is 3. The molecule has 0 spiro atoms. The van der Waals surface area contributed by atoms with Crippen LogP contribution in [0.5, 0.6) is 0 Å². The summed E-state index contributed by atoms with van der Waals surface area (Å²) in [4.78, 5) is 0. The van der Waals surface area contributed by atoms with Gasteiger partial charge in [0, 0.05) is 19.7 Å². The van der Waals surface area contributed by atoms with Crippen molar-refractivity contribution in [2.24, 2.45) is 5.92 Å². The number of aromatic nitrogens is 2. The Balaban J connectivity index is 1.68. The number of methoxy groups -OCH3 is 1. The summed E-state index contributed by atoms with van der Waals surface area (Å²) >= 11 is 0. The first-order valence-electron chi connectivity index (χ1n) is 7.46. The van der Waals surface area contributed by atoms with E-state index in [2.05, 4.69) is 22.0 Å². The fraction of sp³-hybridized carbons (Fsp3) is 0.800. The highest BCUT2D eigenvalue weighted by Crippen LogP contribution is 2.41. The molecule has 0 amide bonds. The van der Waals surface area contributed by atoms with Gasteiger partial charge in [0.2, 0.25) is 0 Å². The van der Waals surface area contributed by atoms with Crippen LogP contribution in [0.1, 0.15) is 50.3 Å². The molecule has 1 atom stereocenters. The molecule has 0 bridgehead atoms. The summed E-state index contributed by atoms with van der Waals surface area (Å²) in [6.45, 7) is 0.411. The van der Waals surface area contributed by atoms with E-state index in [1.165, 1.54) is 25.7 Å². The first-order valence-corrected chi connectivity index (χ1v) is 7.46. The standard InChI is InChI=1S/C15H24N2O2/c1-19-11-15(18,12-6-7-12)10-13-8-9-17(16-13)14-4-2-3-5-14/h8-9,12,14,18H,2-7,10-11H2,1H3. The molecule has 1 heterocycles. The van der Waals surface area contributed by atoms with Gasteiger partial charge in [-0.2, -0.15) is 5.10 Å². The summed E-state index contributed by atoms with van der Waals surface area (Å²) in [6.07, 6.45) is 10.0. The lowest BCUT2D eigenvalue weighted by Gasteiger charge is -2.26. The maximum absolute atomic E-state index is 10.7. The van der Waals surface area contributed by atoms with Gasteiger partial charge in [-0.3, -0.25) is 4.68 Å². The predicted octanol–water partition coefficient (Wildman–Crippen LogP) is 2.33. The lowest BCUT2D eigenvalue weighted by Crippen LogP contribution is -2.39. The summed E-state index contributed by atoms with van der Waals surface area (Å²) in [5.74, 6) is 0.393. The molecule has 0 aliphatic heterocycles. The molecule has 19 heavy (non-hydrogen) atoms. The molecule has 4 nitrogen and oxygen atoms in total. The van der Waals surface area contributed by atoms with E-state index in [0.717, 1.165) is 18.5 Å². The van der Waals surface area contributed by atoms with Gasteiger partial charge in [-0.1, -0.05) is 12.8 Å². The molecule has 3 rings (SSSR count). The molecule has 2 saturated carbocycles. The molecular formula is C15H24N2O2. The molecule has 4 heteroatoms. The molecule has 2 fully saturated rings. The number of nitrogens with zero attached hydrogens (tertiary/aromatic N) is 2. The van der Waals surface area contributed by atoms with Gasteiger partial charge in [-0.15, -0.1) is 0 Å². The highest BCUT2D eigenvalue weighted by Gasteiger charge is 2.44. The van der Waals surface area contributed by atoms with Crippen molar-refractivity contribution in [3.63, 3.8) is 0 Å². The second-order valence-corrected chi connectivity index (χ2v) is 6.21. The molecule has 2 aliphatic carbocycles. The van der Waals surface area contributed by atoms with Crippen molar-refractivity contribution in [1.29, 1.82) is 0 Å².